The van der Waals surface area contributed by atoms with Crippen molar-refractivity contribution in [3.05, 3.63) is 109 Å². The third kappa shape index (κ3) is 7.20. The Morgan fingerprint density at radius 2 is 1.76 bits per heavy atom. The van der Waals surface area contributed by atoms with Crippen LogP contribution in [0.5, 0.6) is 0 Å². The maximum absolute atomic E-state index is 14.5. The second-order valence-corrected chi connectivity index (χ2v) is 14.6. The van der Waals surface area contributed by atoms with Crippen molar-refractivity contribution in [1.82, 2.24) is 28.9 Å². The average molecular weight is 681 g/mol. The molecule has 3 aromatic heterocycles. The van der Waals surface area contributed by atoms with E-state index in [0.29, 0.717) is 43.5 Å². The van der Waals surface area contributed by atoms with Crippen LogP contribution in [0.1, 0.15) is 65.6 Å². The summed E-state index contributed by atoms with van der Waals surface area (Å²) in [6, 6.07) is 16.9. The van der Waals surface area contributed by atoms with Crippen LogP contribution in [-0.4, -0.2) is 67.9 Å². The summed E-state index contributed by atoms with van der Waals surface area (Å²) in [5.74, 6) is -0.459. The van der Waals surface area contributed by atoms with Crippen LogP contribution in [0.25, 0.3) is 27.8 Å². The summed E-state index contributed by atoms with van der Waals surface area (Å²) in [4.78, 5) is 54.3. The van der Waals surface area contributed by atoms with Crippen molar-refractivity contribution in [1.29, 1.82) is 0 Å². The molecule has 0 N–H and O–H groups in total. The van der Waals surface area contributed by atoms with Crippen LogP contribution in [-0.2, 0) is 6.54 Å². The van der Waals surface area contributed by atoms with Crippen molar-refractivity contribution in [3.8, 4) is 16.8 Å². The quantitative estimate of drug-likeness (QED) is 0.179. The Bertz CT molecular complexity index is 2100. The number of ketones is 1. The summed E-state index contributed by atoms with van der Waals surface area (Å²) in [5, 5.41) is 2.72. The van der Waals surface area contributed by atoms with Gasteiger partial charge in [0.25, 0.3) is 5.56 Å². The van der Waals surface area contributed by atoms with Crippen LogP contribution in [0.15, 0.2) is 75.8 Å². The third-order valence-electron chi connectivity index (χ3n) is 10.1. The molecule has 0 amide bonds. The maximum atomic E-state index is 14.5. The molecule has 5 aromatic rings. The molecule has 0 radical (unpaired) electrons. The molecule has 0 unspecified atom stereocenters. The Morgan fingerprint density at radius 1 is 0.959 bits per heavy atom. The second-order valence-electron chi connectivity index (χ2n) is 13.6. The maximum Gasteiger partial charge on any atom is 0.337 e. The topological polar surface area (TPSA) is 93.3 Å². The van der Waals surface area contributed by atoms with Gasteiger partial charge >= 0.3 is 5.69 Å². The molecule has 0 atom stereocenters. The highest BCUT2D eigenvalue weighted by Gasteiger charge is 2.29. The number of fused-ring (bicyclic) bond motifs is 1. The molecular formula is C38H41FN6O3S. The minimum Gasteiger partial charge on any atom is -0.305 e. The number of halogens is 1. The van der Waals surface area contributed by atoms with Crippen LogP contribution >= 0.6 is 11.3 Å². The minimum atomic E-state index is -0.637. The number of nitrogens with zero attached hydrogens (tertiary/aromatic N) is 6. The molecule has 1 saturated carbocycles. The van der Waals surface area contributed by atoms with Gasteiger partial charge < -0.3 is 4.90 Å². The van der Waals surface area contributed by atoms with Gasteiger partial charge in [-0.3, -0.25) is 19.1 Å². The zero-order valence-electron chi connectivity index (χ0n) is 28.0. The van der Waals surface area contributed by atoms with Crippen LogP contribution in [0.2, 0.25) is 0 Å². The molecule has 2 aromatic carbocycles. The second kappa shape index (κ2) is 14.3. The number of rotatable bonds is 8. The number of carbonyl (C=O) groups is 1. The van der Waals surface area contributed by atoms with Gasteiger partial charge in [0.1, 0.15) is 11.5 Å². The van der Waals surface area contributed by atoms with E-state index in [1.165, 1.54) is 38.5 Å². The summed E-state index contributed by atoms with van der Waals surface area (Å²) in [6.07, 6.45) is 5.14. The monoisotopic (exact) mass is 680 g/mol. The Morgan fingerprint density at radius 3 is 2.51 bits per heavy atom. The highest BCUT2D eigenvalue weighted by molar-refractivity contribution is 7.09. The molecule has 0 spiro atoms. The van der Waals surface area contributed by atoms with Gasteiger partial charge in [0.2, 0.25) is 0 Å². The summed E-state index contributed by atoms with van der Waals surface area (Å²) in [6.45, 7) is 7.13. The fourth-order valence-corrected chi connectivity index (χ4v) is 7.96. The Balaban J connectivity index is 1.16. The normalized spacial score (nSPS) is 19.2. The number of aryl methyl sites for hydroxylation is 1. The van der Waals surface area contributed by atoms with Gasteiger partial charge in [-0.05, 0) is 100.0 Å². The lowest BCUT2D eigenvalue weighted by Gasteiger charge is -2.29. The molecule has 1 aliphatic heterocycles. The van der Waals surface area contributed by atoms with Gasteiger partial charge in [-0.2, -0.15) is 0 Å². The first-order chi connectivity index (χ1) is 23.7. The van der Waals surface area contributed by atoms with Crippen LogP contribution < -0.4 is 11.2 Å². The summed E-state index contributed by atoms with van der Waals surface area (Å²) < 4.78 is 17.2. The predicted molar refractivity (Wildman–Crippen MR) is 191 cm³/mol. The van der Waals surface area contributed by atoms with Crippen molar-refractivity contribution in [2.24, 2.45) is 5.92 Å². The van der Waals surface area contributed by atoms with Crippen molar-refractivity contribution in [2.45, 2.75) is 58.0 Å². The van der Waals surface area contributed by atoms with Crippen molar-refractivity contribution in [3.63, 3.8) is 0 Å². The van der Waals surface area contributed by atoms with E-state index in [9.17, 15) is 18.8 Å². The predicted octanol–water partition coefficient (Wildman–Crippen LogP) is 6.26. The lowest BCUT2D eigenvalue weighted by atomic mass is 9.82. The highest BCUT2D eigenvalue weighted by atomic mass is 32.1. The first kappa shape index (κ1) is 33.2. The van der Waals surface area contributed by atoms with E-state index in [2.05, 4.69) is 51.1 Å². The molecule has 9 nitrogen and oxygen atoms in total. The summed E-state index contributed by atoms with van der Waals surface area (Å²) in [7, 11) is 2.18. The molecule has 2 fully saturated rings. The third-order valence-corrected chi connectivity index (χ3v) is 10.8. The molecule has 254 valence electrons. The number of pyridine rings is 1. The first-order valence-corrected chi connectivity index (χ1v) is 18.0. The van der Waals surface area contributed by atoms with E-state index in [4.69, 9.17) is 0 Å². The van der Waals surface area contributed by atoms with E-state index in [-0.39, 0.29) is 28.8 Å². The molecule has 7 rings (SSSR count). The molecule has 0 bridgehead atoms. The lowest BCUT2D eigenvalue weighted by Crippen LogP contribution is -2.43. The number of hydrogen-bond acceptors (Lipinski definition) is 8. The molecule has 11 heteroatoms. The van der Waals surface area contributed by atoms with Gasteiger partial charge in [0.05, 0.1) is 22.3 Å². The van der Waals surface area contributed by atoms with Gasteiger partial charge in [0, 0.05) is 37.5 Å². The summed E-state index contributed by atoms with van der Waals surface area (Å²) in [5.41, 5.74) is 3.33. The molecule has 4 heterocycles. The number of Topliss-reactive ketones (excluding diaryl/α,β-unsaturated/α-hetero) is 1. The molecule has 1 saturated heterocycles. The number of likely N-dealkylation sites (N-methyl/N-ethyl adjacent to an activating group) is 1. The molecule has 49 heavy (non-hydrogen) atoms. The van der Waals surface area contributed by atoms with E-state index < -0.39 is 17.1 Å². The van der Waals surface area contributed by atoms with E-state index in [0.717, 1.165) is 55.1 Å². The lowest BCUT2D eigenvalue weighted by molar-refractivity contribution is 0.0938. The Labute approximate surface area is 288 Å². The Hall–Kier alpha value is -4.32. The number of thiazole rings is 1. The highest BCUT2D eigenvalue weighted by Crippen LogP contribution is 2.34. The van der Waals surface area contributed by atoms with Crippen LogP contribution in [0.3, 0.4) is 0 Å². The molecule has 2 aliphatic rings. The number of carbonyl (C=O) groups excluding carboxylic acids is 1. The number of benzene rings is 2. The Kier molecular flexibility index (Phi) is 9.66. The number of hydrogen-bond donors (Lipinski definition) is 0. The minimum absolute atomic E-state index is 0.0274. The first-order valence-electron chi connectivity index (χ1n) is 17.1. The van der Waals surface area contributed by atoms with Gasteiger partial charge in [-0.25, -0.2) is 23.7 Å². The van der Waals surface area contributed by atoms with E-state index in [1.54, 1.807) is 5.38 Å². The molecular weight excluding hydrogens is 640 g/mol. The zero-order chi connectivity index (χ0) is 34.1. The standard InChI is InChI=1S/C38H41FN6O3S/c1-25-41-34(24-49-25)35(46)19-26-9-13-31(14-10-26)45-37(47)33-21-30(39)22-40-36(33)44(38(45)48)32-6-3-5-29(20-32)28-11-7-27(8-12-28)23-43-16-4-15-42(2)17-18-43/h3,5-8,11-12,20-22,24,26,31H,4,9-10,13-19,23H2,1-2H3. The van der Waals surface area contributed by atoms with Crippen LogP contribution in [0.4, 0.5) is 4.39 Å². The van der Waals surface area contributed by atoms with Crippen LogP contribution in [0, 0.1) is 18.7 Å². The van der Waals surface area contributed by atoms with Gasteiger partial charge in [0.15, 0.2) is 11.4 Å². The van der Waals surface area contributed by atoms with E-state index in [1.807, 2.05) is 31.2 Å². The number of aromatic nitrogens is 4. The van der Waals surface area contributed by atoms with E-state index >= 15 is 0 Å². The SMILES string of the molecule is Cc1nc(C(=O)CC2CCC(n3c(=O)c4cc(F)cnc4n(-c4cccc(-c5ccc(CN6CCCN(C)CC6)cc5)c4)c3=O)CC2)cs1. The van der Waals surface area contributed by atoms with Crippen molar-refractivity contribution < 1.29 is 9.18 Å². The van der Waals surface area contributed by atoms with Gasteiger partial charge in [-0.1, -0.05) is 36.4 Å². The fourth-order valence-electron chi connectivity index (χ4n) is 7.35. The van der Waals surface area contributed by atoms with Gasteiger partial charge in [-0.15, -0.1) is 11.3 Å². The smallest absolute Gasteiger partial charge is 0.305 e. The zero-order valence-corrected chi connectivity index (χ0v) is 28.8. The average Bonchev–Trinajstić information content (AvgIpc) is 3.44. The fraction of sp³-hybridized carbons (Fsp3) is 0.395. The van der Waals surface area contributed by atoms with Crippen molar-refractivity contribution in [2.75, 3.05) is 33.2 Å². The largest absolute Gasteiger partial charge is 0.337 e. The van der Waals surface area contributed by atoms with Crippen molar-refractivity contribution >= 4 is 28.2 Å². The molecule has 1 aliphatic carbocycles. The summed E-state index contributed by atoms with van der Waals surface area (Å²) >= 11 is 1.46.